The summed E-state index contributed by atoms with van der Waals surface area (Å²) in [6, 6.07) is 0. The van der Waals surface area contributed by atoms with Crippen molar-refractivity contribution in [1.82, 2.24) is 14.8 Å². The minimum absolute atomic E-state index is 0.0870. The normalized spacial score (nSPS) is 13.7. The number of aromatic nitrogens is 3. The van der Waals surface area contributed by atoms with Crippen LogP contribution in [0.2, 0.25) is 0 Å². The molecule has 6 nitrogen and oxygen atoms in total. The molecule has 17 heavy (non-hydrogen) atoms. The molecule has 0 aromatic carbocycles. The lowest BCUT2D eigenvalue weighted by atomic mass is 9.82. The minimum atomic E-state index is -0.596. The van der Waals surface area contributed by atoms with E-state index in [0.717, 1.165) is 5.33 Å². The molecule has 0 fully saturated rings. The van der Waals surface area contributed by atoms with E-state index < -0.39 is 4.92 Å². The number of rotatable bonds is 4. The molecule has 1 rings (SSSR count). The lowest BCUT2D eigenvalue weighted by Gasteiger charge is -2.28. The molecule has 1 aromatic heterocycles. The Morgan fingerprint density at radius 2 is 2.12 bits per heavy atom. The lowest BCUT2D eigenvalue weighted by molar-refractivity contribution is -0.394. The Morgan fingerprint density at radius 1 is 1.53 bits per heavy atom. The third-order valence-electron chi connectivity index (χ3n) is 2.58. The number of hydrogen-bond donors (Lipinski definition) is 0. The minimum Gasteiger partial charge on any atom is -0.390 e. The Hall–Kier alpha value is -0.500. The standard InChI is InChI=1S/C9H14Br2N4O2/c1-9(2,3)6(4-10)5-14-7(11)12-8(13-14)15(16)17/h6H,4-5H2,1-3H3. The molecule has 1 unspecified atom stereocenters. The van der Waals surface area contributed by atoms with Gasteiger partial charge in [-0.05, 0) is 21.2 Å². The molecular formula is C9H14Br2N4O2. The van der Waals surface area contributed by atoms with Crippen LogP contribution in [0.1, 0.15) is 20.8 Å². The maximum atomic E-state index is 10.6. The molecule has 0 spiro atoms. The maximum absolute atomic E-state index is 10.6. The summed E-state index contributed by atoms with van der Waals surface area (Å²) >= 11 is 6.64. The molecule has 8 heteroatoms. The van der Waals surface area contributed by atoms with Crippen LogP contribution in [-0.2, 0) is 6.54 Å². The van der Waals surface area contributed by atoms with Gasteiger partial charge in [-0.15, -0.1) is 0 Å². The van der Waals surface area contributed by atoms with Crippen molar-refractivity contribution in [3.63, 3.8) is 0 Å². The smallest absolute Gasteiger partial charge is 0.390 e. The molecule has 0 aliphatic rings. The van der Waals surface area contributed by atoms with E-state index in [2.05, 4.69) is 62.7 Å². The van der Waals surface area contributed by atoms with E-state index in [1.54, 1.807) is 0 Å². The van der Waals surface area contributed by atoms with Crippen molar-refractivity contribution in [3.05, 3.63) is 14.8 Å². The van der Waals surface area contributed by atoms with E-state index >= 15 is 0 Å². The van der Waals surface area contributed by atoms with Crippen LogP contribution in [0.25, 0.3) is 0 Å². The van der Waals surface area contributed by atoms with E-state index in [1.807, 2.05) is 0 Å². The first kappa shape index (κ1) is 14.6. The number of alkyl halides is 1. The predicted molar refractivity (Wildman–Crippen MR) is 71.1 cm³/mol. The van der Waals surface area contributed by atoms with Gasteiger partial charge in [0.1, 0.15) is 0 Å². The van der Waals surface area contributed by atoms with Gasteiger partial charge in [-0.3, -0.25) is 0 Å². The van der Waals surface area contributed by atoms with Crippen LogP contribution in [0, 0.1) is 21.4 Å². The number of nitrogens with zero attached hydrogens (tertiary/aromatic N) is 4. The van der Waals surface area contributed by atoms with Crippen LogP contribution in [0.5, 0.6) is 0 Å². The highest BCUT2D eigenvalue weighted by molar-refractivity contribution is 9.10. The molecule has 0 radical (unpaired) electrons. The summed E-state index contributed by atoms with van der Waals surface area (Å²) in [7, 11) is 0. The maximum Gasteiger partial charge on any atom is 0.492 e. The Labute approximate surface area is 116 Å². The van der Waals surface area contributed by atoms with Crippen molar-refractivity contribution in [1.29, 1.82) is 0 Å². The van der Waals surface area contributed by atoms with Gasteiger partial charge in [0.15, 0.2) is 0 Å². The molecule has 96 valence electrons. The Morgan fingerprint density at radius 3 is 2.47 bits per heavy atom. The van der Waals surface area contributed by atoms with Crippen LogP contribution in [0.3, 0.4) is 0 Å². The largest absolute Gasteiger partial charge is 0.492 e. The average molecular weight is 370 g/mol. The second-order valence-corrected chi connectivity index (χ2v) is 6.19. The summed E-state index contributed by atoms with van der Waals surface area (Å²) in [5.41, 5.74) is 0.0870. The second kappa shape index (κ2) is 5.43. The van der Waals surface area contributed by atoms with Gasteiger partial charge < -0.3 is 10.1 Å². The van der Waals surface area contributed by atoms with Crippen LogP contribution < -0.4 is 0 Å². The van der Waals surface area contributed by atoms with Crippen molar-refractivity contribution in [2.75, 3.05) is 5.33 Å². The molecule has 0 saturated heterocycles. The van der Waals surface area contributed by atoms with Crippen LogP contribution in [-0.4, -0.2) is 25.0 Å². The molecule has 0 amide bonds. The van der Waals surface area contributed by atoms with E-state index in [1.165, 1.54) is 4.68 Å². The molecule has 0 bridgehead atoms. The molecule has 0 N–H and O–H groups in total. The predicted octanol–water partition coefficient (Wildman–Crippen LogP) is 3.01. The lowest BCUT2D eigenvalue weighted by Crippen LogP contribution is -2.27. The molecule has 0 aliphatic carbocycles. The third-order valence-corrected chi connectivity index (χ3v) is 3.95. The molecule has 0 aliphatic heterocycles. The Bertz CT molecular complexity index is 414. The molecule has 1 heterocycles. The quantitative estimate of drug-likeness (QED) is 0.464. The topological polar surface area (TPSA) is 73.8 Å². The fourth-order valence-electron chi connectivity index (χ4n) is 1.27. The molecule has 0 saturated carbocycles. The highest BCUT2D eigenvalue weighted by Gasteiger charge is 2.28. The van der Waals surface area contributed by atoms with Gasteiger partial charge in [-0.25, -0.2) is 0 Å². The van der Waals surface area contributed by atoms with Gasteiger partial charge in [0.2, 0.25) is 0 Å². The first-order chi connectivity index (χ1) is 7.75. The molecule has 1 aromatic rings. The summed E-state index contributed by atoms with van der Waals surface area (Å²) in [4.78, 5) is 13.7. The SMILES string of the molecule is CC(C)(C)C(CBr)Cn1nc([N+](=O)[O-])nc1Br. The Balaban J connectivity index is 2.91. The zero-order valence-corrected chi connectivity index (χ0v) is 13.0. The van der Waals surface area contributed by atoms with E-state index in [-0.39, 0.29) is 11.4 Å². The van der Waals surface area contributed by atoms with Crippen LogP contribution in [0.15, 0.2) is 4.73 Å². The van der Waals surface area contributed by atoms with E-state index in [0.29, 0.717) is 17.2 Å². The second-order valence-electron chi connectivity index (χ2n) is 4.84. The molecular weight excluding hydrogens is 356 g/mol. The van der Waals surface area contributed by atoms with Gasteiger partial charge in [0.05, 0.1) is 6.54 Å². The fourth-order valence-corrected chi connectivity index (χ4v) is 2.83. The third kappa shape index (κ3) is 3.74. The van der Waals surface area contributed by atoms with Gasteiger partial charge in [0, 0.05) is 26.4 Å². The van der Waals surface area contributed by atoms with Gasteiger partial charge in [0.25, 0.3) is 4.73 Å². The summed E-state index contributed by atoms with van der Waals surface area (Å²) in [5.74, 6) is -0.0702. The number of hydrogen-bond acceptors (Lipinski definition) is 4. The summed E-state index contributed by atoms with van der Waals surface area (Å²) < 4.78 is 1.91. The highest BCUT2D eigenvalue weighted by atomic mass is 79.9. The highest BCUT2D eigenvalue weighted by Crippen LogP contribution is 2.29. The monoisotopic (exact) mass is 368 g/mol. The summed E-state index contributed by atoms with van der Waals surface area (Å²) in [5, 5.41) is 15.2. The summed E-state index contributed by atoms with van der Waals surface area (Å²) in [6.45, 7) is 6.95. The van der Waals surface area contributed by atoms with E-state index in [4.69, 9.17) is 0 Å². The van der Waals surface area contributed by atoms with Gasteiger partial charge >= 0.3 is 5.95 Å². The number of nitro groups is 1. The van der Waals surface area contributed by atoms with Gasteiger partial charge in [-0.1, -0.05) is 36.7 Å². The zero-order valence-electron chi connectivity index (χ0n) is 9.85. The Kier molecular flexibility index (Phi) is 4.65. The van der Waals surface area contributed by atoms with E-state index in [9.17, 15) is 10.1 Å². The van der Waals surface area contributed by atoms with Crippen molar-refractivity contribution in [3.8, 4) is 0 Å². The first-order valence-corrected chi connectivity index (χ1v) is 6.98. The van der Waals surface area contributed by atoms with Crippen LogP contribution in [0.4, 0.5) is 5.95 Å². The fraction of sp³-hybridized carbons (Fsp3) is 0.778. The van der Waals surface area contributed by atoms with Crippen LogP contribution >= 0.6 is 31.9 Å². The van der Waals surface area contributed by atoms with Crippen molar-refractivity contribution >= 4 is 37.8 Å². The first-order valence-electron chi connectivity index (χ1n) is 5.06. The van der Waals surface area contributed by atoms with Crippen molar-refractivity contribution in [2.45, 2.75) is 27.3 Å². The zero-order chi connectivity index (χ0) is 13.2. The van der Waals surface area contributed by atoms with Crippen molar-refractivity contribution < 1.29 is 4.92 Å². The average Bonchev–Trinajstić information content (AvgIpc) is 2.54. The van der Waals surface area contributed by atoms with Crippen molar-refractivity contribution in [2.24, 2.45) is 11.3 Å². The summed E-state index contributed by atoms with van der Waals surface area (Å²) in [6.07, 6.45) is 0. The molecule has 1 atom stereocenters. The number of halogens is 2. The van der Waals surface area contributed by atoms with Gasteiger partial charge in [-0.2, -0.15) is 4.68 Å².